The van der Waals surface area contributed by atoms with E-state index >= 15 is 0 Å². The molecule has 0 fully saturated rings. The second-order valence-electron chi connectivity index (χ2n) is 8.30. The van der Waals surface area contributed by atoms with E-state index < -0.39 is 0 Å². The van der Waals surface area contributed by atoms with Crippen LogP contribution in [-0.4, -0.2) is 43.8 Å². The van der Waals surface area contributed by atoms with Crippen molar-refractivity contribution >= 4 is 17.2 Å². The van der Waals surface area contributed by atoms with E-state index in [1.54, 1.807) is 32.3 Å². The molecule has 0 aliphatic carbocycles. The molecule has 6 nitrogen and oxygen atoms in total. The van der Waals surface area contributed by atoms with Crippen molar-refractivity contribution in [2.24, 2.45) is 0 Å². The molecule has 0 aromatic heterocycles. The van der Waals surface area contributed by atoms with Crippen LogP contribution in [0.5, 0.6) is 23.0 Å². The van der Waals surface area contributed by atoms with Gasteiger partial charge in [-0.1, -0.05) is 12.1 Å². The Labute approximate surface area is 188 Å². The van der Waals surface area contributed by atoms with Crippen LogP contribution in [0, 0.1) is 6.92 Å². The molecule has 1 aliphatic heterocycles. The zero-order valence-corrected chi connectivity index (χ0v) is 19.4. The number of amides is 1. The van der Waals surface area contributed by atoms with Crippen molar-refractivity contribution < 1.29 is 24.1 Å². The normalized spacial score (nSPS) is 17.8. The average Bonchev–Trinajstić information content (AvgIpc) is 2.78. The van der Waals surface area contributed by atoms with Gasteiger partial charge in [0, 0.05) is 23.2 Å². The minimum absolute atomic E-state index is 0.0142. The molecular weight excluding hydrogens is 406 g/mol. The Morgan fingerprint density at radius 1 is 1.00 bits per heavy atom. The highest BCUT2D eigenvalue weighted by atomic mass is 16.5. The van der Waals surface area contributed by atoms with E-state index in [1.807, 2.05) is 45.0 Å². The molecule has 6 heteroatoms. The number of methoxy groups -OCH3 is 3. The highest BCUT2D eigenvalue weighted by molar-refractivity contribution is 6.06. The third kappa shape index (κ3) is 3.13. The number of nitrogens with zero attached hydrogens (tertiary/aromatic N) is 1. The Kier molecular flexibility index (Phi) is 5.63. The molecule has 4 rings (SSSR count). The van der Waals surface area contributed by atoms with Crippen LogP contribution in [0.15, 0.2) is 30.3 Å². The fourth-order valence-corrected chi connectivity index (χ4v) is 5.17. The number of hydrogen-bond donors (Lipinski definition) is 1. The SMILES string of the molecule is COc1cc(O)c(-c2c(C)cc(OC)c3c(OC)cccc23)c2c1[C@H](C)N(C=O)[C@@H](C)C2. The number of phenols is 1. The molecule has 1 N–H and O–H groups in total. The van der Waals surface area contributed by atoms with Gasteiger partial charge in [-0.3, -0.25) is 4.79 Å². The minimum atomic E-state index is -0.181. The first-order valence-electron chi connectivity index (χ1n) is 10.7. The number of aromatic hydroxyl groups is 1. The fourth-order valence-electron chi connectivity index (χ4n) is 5.17. The molecule has 0 bridgehead atoms. The molecule has 1 aliphatic rings. The number of fused-ring (bicyclic) bond motifs is 2. The lowest BCUT2D eigenvalue weighted by Gasteiger charge is -2.39. The maximum Gasteiger partial charge on any atom is 0.210 e. The van der Waals surface area contributed by atoms with Gasteiger partial charge in [-0.15, -0.1) is 0 Å². The molecule has 3 aromatic carbocycles. The van der Waals surface area contributed by atoms with Gasteiger partial charge in [-0.25, -0.2) is 0 Å². The van der Waals surface area contributed by atoms with Gasteiger partial charge in [0.25, 0.3) is 0 Å². The zero-order chi connectivity index (χ0) is 23.2. The van der Waals surface area contributed by atoms with E-state index in [4.69, 9.17) is 14.2 Å². The van der Waals surface area contributed by atoms with Crippen molar-refractivity contribution in [2.45, 2.75) is 39.3 Å². The van der Waals surface area contributed by atoms with E-state index in [9.17, 15) is 9.90 Å². The summed E-state index contributed by atoms with van der Waals surface area (Å²) < 4.78 is 16.9. The highest BCUT2D eigenvalue weighted by Gasteiger charge is 2.35. The summed E-state index contributed by atoms with van der Waals surface area (Å²) in [5.41, 5.74) is 4.59. The van der Waals surface area contributed by atoms with E-state index in [1.165, 1.54) is 0 Å². The zero-order valence-electron chi connectivity index (χ0n) is 19.4. The molecule has 0 unspecified atom stereocenters. The first-order chi connectivity index (χ1) is 15.4. The third-order valence-corrected chi connectivity index (χ3v) is 6.61. The molecule has 0 spiro atoms. The van der Waals surface area contributed by atoms with Crippen LogP contribution in [0.25, 0.3) is 21.9 Å². The summed E-state index contributed by atoms with van der Waals surface area (Å²) >= 11 is 0. The van der Waals surface area contributed by atoms with Crippen LogP contribution in [0.1, 0.15) is 36.6 Å². The molecule has 3 aromatic rings. The Balaban J connectivity index is 2.14. The molecule has 0 saturated heterocycles. The number of rotatable bonds is 5. The molecule has 0 radical (unpaired) electrons. The molecule has 168 valence electrons. The Hall–Kier alpha value is -3.41. The van der Waals surface area contributed by atoms with Crippen LogP contribution in [-0.2, 0) is 11.2 Å². The number of benzene rings is 3. The monoisotopic (exact) mass is 435 g/mol. The average molecular weight is 436 g/mol. The second kappa shape index (κ2) is 8.26. The predicted octanol–water partition coefficient (Wildman–Crippen LogP) is 5.01. The highest BCUT2D eigenvalue weighted by Crippen LogP contribution is 2.51. The number of carbonyl (C=O) groups excluding carboxylic acids is 1. The van der Waals surface area contributed by atoms with E-state index in [-0.39, 0.29) is 17.8 Å². The topological polar surface area (TPSA) is 68.2 Å². The van der Waals surface area contributed by atoms with Crippen LogP contribution in [0.2, 0.25) is 0 Å². The maximum absolute atomic E-state index is 11.8. The van der Waals surface area contributed by atoms with Gasteiger partial charge in [-0.2, -0.15) is 0 Å². The predicted molar refractivity (Wildman–Crippen MR) is 125 cm³/mol. The summed E-state index contributed by atoms with van der Waals surface area (Å²) in [5.74, 6) is 2.16. The van der Waals surface area contributed by atoms with E-state index in [0.29, 0.717) is 17.9 Å². The first-order valence-corrected chi connectivity index (χ1v) is 10.7. The van der Waals surface area contributed by atoms with Gasteiger partial charge in [0.05, 0.1) is 32.8 Å². The molecule has 2 atom stereocenters. The number of aryl methyl sites for hydroxylation is 1. The largest absolute Gasteiger partial charge is 0.507 e. The van der Waals surface area contributed by atoms with E-state index in [0.717, 1.165) is 50.7 Å². The number of hydrogen-bond acceptors (Lipinski definition) is 5. The van der Waals surface area contributed by atoms with Crippen molar-refractivity contribution in [3.63, 3.8) is 0 Å². The maximum atomic E-state index is 11.8. The van der Waals surface area contributed by atoms with Gasteiger partial charge < -0.3 is 24.2 Å². The van der Waals surface area contributed by atoms with Gasteiger partial charge >= 0.3 is 0 Å². The van der Waals surface area contributed by atoms with Gasteiger partial charge in [-0.05, 0) is 61.4 Å². The molecule has 1 heterocycles. The lowest BCUT2D eigenvalue weighted by Crippen LogP contribution is -2.40. The van der Waals surface area contributed by atoms with Crippen LogP contribution < -0.4 is 14.2 Å². The van der Waals surface area contributed by atoms with Crippen molar-refractivity contribution in [2.75, 3.05) is 21.3 Å². The lowest BCUT2D eigenvalue weighted by molar-refractivity contribution is -0.122. The molecule has 0 saturated carbocycles. The number of ether oxygens (including phenoxy) is 3. The molecular formula is C26H29NO5. The number of carbonyl (C=O) groups is 1. The summed E-state index contributed by atoms with van der Waals surface area (Å²) in [6.45, 7) is 6.03. The second-order valence-corrected chi connectivity index (χ2v) is 8.30. The number of phenolic OH excluding ortho intramolecular Hbond substituents is 1. The van der Waals surface area contributed by atoms with Crippen LogP contribution in [0.3, 0.4) is 0 Å². The Morgan fingerprint density at radius 2 is 1.69 bits per heavy atom. The van der Waals surface area contributed by atoms with Gasteiger partial charge in [0.15, 0.2) is 0 Å². The molecule has 32 heavy (non-hydrogen) atoms. The van der Waals surface area contributed by atoms with Crippen molar-refractivity contribution in [3.8, 4) is 34.1 Å². The van der Waals surface area contributed by atoms with Crippen molar-refractivity contribution in [3.05, 3.63) is 47.0 Å². The summed E-state index contributed by atoms with van der Waals surface area (Å²) in [4.78, 5) is 13.6. The quantitative estimate of drug-likeness (QED) is 0.571. The van der Waals surface area contributed by atoms with Crippen LogP contribution in [0.4, 0.5) is 0 Å². The summed E-state index contributed by atoms with van der Waals surface area (Å²) in [6, 6.07) is 9.30. The standard InChI is InChI=1S/C26H29NO5/c1-14-10-21(31-5)26-17(8-7-9-20(26)30-4)23(14)25-18-11-15(2)27(13-28)16(3)24(18)22(32-6)12-19(25)29/h7-10,12-13,15-16,29H,11H2,1-6H3/t15-,16-/m0/s1. The first kappa shape index (κ1) is 21.8. The molecule has 1 amide bonds. The summed E-state index contributed by atoms with van der Waals surface area (Å²) in [7, 11) is 4.87. The fraction of sp³-hybridized carbons (Fsp3) is 0.346. The lowest BCUT2D eigenvalue weighted by atomic mass is 9.81. The minimum Gasteiger partial charge on any atom is -0.507 e. The third-order valence-electron chi connectivity index (χ3n) is 6.61. The smallest absolute Gasteiger partial charge is 0.210 e. The summed E-state index contributed by atoms with van der Waals surface area (Å²) in [6.07, 6.45) is 1.50. The van der Waals surface area contributed by atoms with Crippen molar-refractivity contribution in [1.29, 1.82) is 0 Å². The Bertz CT molecular complexity index is 1200. The Morgan fingerprint density at radius 3 is 2.31 bits per heavy atom. The summed E-state index contributed by atoms with van der Waals surface area (Å²) in [5, 5.41) is 13.0. The van der Waals surface area contributed by atoms with E-state index in [2.05, 4.69) is 0 Å². The van der Waals surface area contributed by atoms with Crippen LogP contribution >= 0.6 is 0 Å². The van der Waals surface area contributed by atoms with Gasteiger partial charge in [0.1, 0.15) is 23.0 Å². The van der Waals surface area contributed by atoms with Crippen molar-refractivity contribution in [1.82, 2.24) is 4.90 Å². The van der Waals surface area contributed by atoms with Gasteiger partial charge in [0.2, 0.25) is 6.41 Å².